The second-order valence-electron chi connectivity index (χ2n) is 5.28. The molecule has 2 aliphatic rings. The highest BCUT2D eigenvalue weighted by Crippen LogP contribution is 2.28. The molecule has 2 saturated carbocycles. The lowest BCUT2D eigenvalue weighted by Crippen LogP contribution is -2.36. The van der Waals surface area contributed by atoms with E-state index in [0.29, 0.717) is 25.7 Å². The monoisotopic (exact) mass is 298 g/mol. The SMILES string of the molecule is O=S(=O)(OC1CCCCC1F)OC1CCCCC1F. The molecule has 0 aromatic carbocycles. The van der Waals surface area contributed by atoms with E-state index in [9.17, 15) is 17.2 Å². The highest BCUT2D eigenvalue weighted by Gasteiger charge is 2.35. The van der Waals surface area contributed by atoms with Crippen molar-refractivity contribution in [1.82, 2.24) is 0 Å². The molecule has 0 saturated heterocycles. The van der Waals surface area contributed by atoms with Crippen molar-refractivity contribution < 1.29 is 25.6 Å². The fourth-order valence-electron chi connectivity index (χ4n) is 2.65. The summed E-state index contributed by atoms with van der Waals surface area (Å²) < 4.78 is 59.9. The first-order valence-corrected chi connectivity index (χ1v) is 8.21. The third-order valence-electron chi connectivity index (χ3n) is 3.73. The molecule has 7 heteroatoms. The normalized spacial score (nSPS) is 37.2. The summed E-state index contributed by atoms with van der Waals surface area (Å²) in [4.78, 5) is 0. The molecule has 2 rings (SSSR count). The molecule has 0 aliphatic heterocycles. The number of hydrogen-bond donors (Lipinski definition) is 0. The first-order valence-electron chi connectivity index (χ1n) is 6.87. The van der Waals surface area contributed by atoms with E-state index in [4.69, 9.17) is 8.37 Å². The molecule has 0 aromatic heterocycles. The molecule has 4 unspecified atom stereocenters. The van der Waals surface area contributed by atoms with Crippen LogP contribution in [0.5, 0.6) is 0 Å². The van der Waals surface area contributed by atoms with E-state index in [1.807, 2.05) is 0 Å². The van der Waals surface area contributed by atoms with Gasteiger partial charge in [0.05, 0.1) is 0 Å². The van der Waals surface area contributed by atoms with E-state index in [1.54, 1.807) is 0 Å². The summed E-state index contributed by atoms with van der Waals surface area (Å²) in [6, 6.07) is 0. The maximum absolute atomic E-state index is 13.5. The highest BCUT2D eigenvalue weighted by atomic mass is 32.3. The van der Waals surface area contributed by atoms with Crippen molar-refractivity contribution in [3.05, 3.63) is 0 Å². The molecule has 4 atom stereocenters. The van der Waals surface area contributed by atoms with E-state index < -0.39 is 35.0 Å². The van der Waals surface area contributed by atoms with Gasteiger partial charge in [0.25, 0.3) is 0 Å². The van der Waals surface area contributed by atoms with Gasteiger partial charge in [-0.25, -0.2) is 17.1 Å². The molecule has 0 N–H and O–H groups in total. The number of rotatable bonds is 4. The van der Waals surface area contributed by atoms with Gasteiger partial charge >= 0.3 is 10.4 Å². The number of hydrogen-bond acceptors (Lipinski definition) is 4. The van der Waals surface area contributed by atoms with E-state index >= 15 is 0 Å². The van der Waals surface area contributed by atoms with Gasteiger partial charge in [0.15, 0.2) is 0 Å². The Hall–Kier alpha value is -0.270. The van der Waals surface area contributed by atoms with Crippen molar-refractivity contribution in [2.75, 3.05) is 0 Å². The van der Waals surface area contributed by atoms with Crippen LogP contribution in [0.3, 0.4) is 0 Å². The van der Waals surface area contributed by atoms with E-state index in [2.05, 4.69) is 0 Å². The molecule has 0 heterocycles. The van der Waals surface area contributed by atoms with Crippen molar-refractivity contribution in [3.63, 3.8) is 0 Å². The molecule has 112 valence electrons. The van der Waals surface area contributed by atoms with Crippen LogP contribution >= 0.6 is 0 Å². The van der Waals surface area contributed by atoms with Crippen LogP contribution in [0.1, 0.15) is 51.4 Å². The van der Waals surface area contributed by atoms with Crippen molar-refractivity contribution >= 4 is 10.4 Å². The molecule has 0 aromatic rings. The van der Waals surface area contributed by atoms with Gasteiger partial charge in [-0.2, -0.15) is 8.42 Å². The lowest BCUT2D eigenvalue weighted by molar-refractivity contribution is 0.0189. The lowest BCUT2D eigenvalue weighted by Gasteiger charge is -2.28. The van der Waals surface area contributed by atoms with E-state index in [0.717, 1.165) is 25.7 Å². The molecule has 4 nitrogen and oxygen atoms in total. The van der Waals surface area contributed by atoms with Crippen molar-refractivity contribution in [3.8, 4) is 0 Å². The lowest BCUT2D eigenvalue weighted by atomic mass is 9.96. The Kier molecular flexibility index (Phi) is 5.14. The number of halogens is 2. The third-order valence-corrected chi connectivity index (χ3v) is 4.69. The second-order valence-corrected chi connectivity index (χ2v) is 6.48. The molecule has 2 fully saturated rings. The summed E-state index contributed by atoms with van der Waals surface area (Å²) in [5, 5.41) is 0. The Balaban J connectivity index is 1.90. The van der Waals surface area contributed by atoms with Gasteiger partial charge in [-0.05, 0) is 25.7 Å². The fourth-order valence-corrected chi connectivity index (χ4v) is 3.73. The second kappa shape index (κ2) is 6.45. The van der Waals surface area contributed by atoms with Gasteiger partial charge in [-0.3, -0.25) is 0 Å². The zero-order valence-electron chi connectivity index (χ0n) is 10.8. The summed E-state index contributed by atoms with van der Waals surface area (Å²) in [7, 11) is -4.33. The molecular weight excluding hydrogens is 278 g/mol. The average Bonchev–Trinajstić information content (AvgIpc) is 2.35. The van der Waals surface area contributed by atoms with Crippen molar-refractivity contribution in [2.24, 2.45) is 0 Å². The Morgan fingerprint density at radius 3 is 1.47 bits per heavy atom. The van der Waals surface area contributed by atoms with Crippen LogP contribution in [-0.4, -0.2) is 33.0 Å². The summed E-state index contributed by atoms with van der Waals surface area (Å²) >= 11 is 0. The van der Waals surface area contributed by atoms with Crippen LogP contribution in [0.25, 0.3) is 0 Å². The predicted octanol–water partition coefficient (Wildman–Crippen LogP) is 2.83. The molecule has 0 spiro atoms. The van der Waals surface area contributed by atoms with Gasteiger partial charge in [0.2, 0.25) is 0 Å². The zero-order chi connectivity index (χ0) is 13.9. The van der Waals surface area contributed by atoms with Gasteiger partial charge in [0, 0.05) is 0 Å². The predicted molar refractivity (Wildman–Crippen MR) is 65.4 cm³/mol. The van der Waals surface area contributed by atoms with Crippen molar-refractivity contribution in [1.29, 1.82) is 0 Å². The standard InChI is InChI=1S/C12H20F2O4S/c13-9-5-1-3-7-11(9)17-19(15,16)18-12-8-4-2-6-10(12)14/h9-12H,1-8H2. The molecule has 0 amide bonds. The first kappa shape index (κ1) is 15.1. The van der Waals surface area contributed by atoms with E-state index in [1.165, 1.54) is 0 Å². The number of alkyl halides is 2. The quantitative estimate of drug-likeness (QED) is 0.801. The first-order chi connectivity index (χ1) is 8.98. The van der Waals surface area contributed by atoms with Crippen LogP contribution in [0.15, 0.2) is 0 Å². The summed E-state index contributed by atoms with van der Waals surface area (Å²) in [6.45, 7) is 0. The van der Waals surface area contributed by atoms with Gasteiger partial charge in [-0.15, -0.1) is 0 Å². The summed E-state index contributed by atoms with van der Waals surface area (Å²) in [6.07, 6.45) is -0.314. The van der Waals surface area contributed by atoms with Crippen LogP contribution in [0.4, 0.5) is 8.78 Å². The van der Waals surface area contributed by atoms with Crippen molar-refractivity contribution in [2.45, 2.75) is 75.9 Å². The molecule has 19 heavy (non-hydrogen) atoms. The van der Waals surface area contributed by atoms with Crippen LogP contribution in [0, 0.1) is 0 Å². The summed E-state index contributed by atoms with van der Waals surface area (Å²) in [5.74, 6) is 0. The maximum atomic E-state index is 13.5. The maximum Gasteiger partial charge on any atom is 0.400 e. The molecular formula is C12H20F2O4S. The van der Waals surface area contributed by atoms with Gasteiger partial charge in [0.1, 0.15) is 24.6 Å². The minimum atomic E-state index is -4.33. The van der Waals surface area contributed by atoms with Gasteiger partial charge < -0.3 is 0 Å². The van der Waals surface area contributed by atoms with Gasteiger partial charge in [-0.1, -0.05) is 25.7 Å². The van der Waals surface area contributed by atoms with E-state index in [-0.39, 0.29) is 0 Å². The fraction of sp³-hybridized carbons (Fsp3) is 1.00. The average molecular weight is 298 g/mol. The molecule has 2 aliphatic carbocycles. The molecule has 0 bridgehead atoms. The highest BCUT2D eigenvalue weighted by molar-refractivity contribution is 7.81. The largest absolute Gasteiger partial charge is 0.400 e. The minimum Gasteiger partial charge on any atom is -0.245 e. The summed E-state index contributed by atoms with van der Waals surface area (Å²) in [5.41, 5.74) is 0. The third kappa shape index (κ3) is 4.36. The zero-order valence-corrected chi connectivity index (χ0v) is 11.6. The molecule has 0 radical (unpaired) electrons. The Bertz CT molecular complexity index is 357. The van der Waals surface area contributed by atoms with Crippen LogP contribution in [0.2, 0.25) is 0 Å². The smallest absolute Gasteiger partial charge is 0.245 e. The Morgan fingerprint density at radius 1 is 0.737 bits per heavy atom. The van der Waals surface area contributed by atoms with Crippen LogP contribution in [-0.2, 0) is 18.8 Å². The van der Waals surface area contributed by atoms with Crippen LogP contribution < -0.4 is 0 Å². The minimum absolute atomic E-state index is 0.301. The Morgan fingerprint density at radius 2 is 1.11 bits per heavy atom. The Labute approximate surface area is 112 Å². The topological polar surface area (TPSA) is 52.6 Å².